The molecule has 1 spiro atoms. The summed E-state index contributed by atoms with van der Waals surface area (Å²) in [6.07, 6.45) is 1.76. The zero-order valence-electron chi connectivity index (χ0n) is 17.9. The minimum absolute atomic E-state index is 0.0349. The van der Waals surface area contributed by atoms with Gasteiger partial charge in [0.15, 0.2) is 0 Å². The van der Waals surface area contributed by atoms with Gasteiger partial charge in [-0.05, 0) is 54.3 Å². The van der Waals surface area contributed by atoms with Crippen LogP contribution in [-0.2, 0) is 21.4 Å². The number of hydrogen-bond acceptors (Lipinski definition) is 3. The number of fused-ring (bicyclic) bond motifs is 2. The Morgan fingerprint density at radius 3 is 2.24 bits per heavy atom. The molecule has 1 atom stereocenters. The second-order valence-corrected chi connectivity index (χ2v) is 9.39. The molecule has 34 heavy (non-hydrogen) atoms. The summed E-state index contributed by atoms with van der Waals surface area (Å²) in [4.78, 5) is 39.4. The zero-order chi connectivity index (χ0) is 24.0. The van der Waals surface area contributed by atoms with E-state index in [2.05, 4.69) is 5.32 Å². The topological polar surface area (TPSA) is 86.7 Å². The Morgan fingerprint density at radius 1 is 0.971 bits per heavy atom. The van der Waals surface area contributed by atoms with Crippen molar-refractivity contribution < 1.29 is 19.5 Å². The number of nitrogens with one attached hydrogen (secondary N) is 1. The highest BCUT2D eigenvalue weighted by molar-refractivity contribution is 6.39. The number of anilines is 2. The first-order valence-electron chi connectivity index (χ1n) is 10.8. The zero-order valence-corrected chi connectivity index (χ0v) is 19.4. The van der Waals surface area contributed by atoms with Crippen LogP contribution in [0, 0.1) is 0 Å². The van der Waals surface area contributed by atoms with Gasteiger partial charge in [0.2, 0.25) is 5.91 Å². The van der Waals surface area contributed by atoms with Gasteiger partial charge in [-0.2, -0.15) is 0 Å². The third-order valence-corrected chi connectivity index (χ3v) is 7.08. The Bertz CT molecular complexity index is 1300. The van der Waals surface area contributed by atoms with Gasteiger partial charge in [-0.3, -0.25) is 14.5 Å². The highest BCUT2D eigenvalue weighted by atomic mass is 35.5. The van der Waals surface area contributed by atoms with Crippen LogP contribution in [0.25, 0.3) is 0 Å². The van der Waals surface area contributed by atoms with E-state index >= 15 is 0 Å². The SMILES string of the molecule is O=C(N[C@@H](Cc1ccc(N2C(=O)C3(CC3)c3ccccc32)cc1)C(=O)O)c1c(Cl)cccc1Cl. The average molecular weight is 495 g/mol. The van der Waals surface area contributed by atoms with E-state index in [0.29, 0.717) is 5.56 Å². The molecule has 3 aromatic rings. The number of amides is 2. The molecular weight excluding hydrogens is 475 g/mol. The van der Waals surface area contributed by atoms with Crippen LogP contribution < -0.4 is 10.2 Å². The number of carbonyl (C=O) groups excluding carboxylic acids is 2. The van der Waals surface area contributed by atoms with Crippen molar-refractivity contribution in [2.75, 3.05) is 4.90 Å². The van der Waals surface area contributed by atoms with Crippen LogP contribution in [0.4, 0.5) is 11.4 Å². The maximum absolute atomic E-state index is 13.2. The molecule has 1 fully saturated rings. The molecule has 172 valence electrons. The first-order chi connectivity index (χ1) is 16.3. The molecule has 2 amide bonds. The number of aliphatic carboxylic acids is 1. The summed E-state index contributed by atoms with van der Waals surface area (Å²) >= 11 is 12.1. The van der Waals surface area contributed by atoms with Gasteiger partial charge in [-0.25, -0.2) is 4.79 Å². The standard InChI is InChI=1S/C26H20Cl2N2O4/c27-18-5-3-6-19(28)22(18)23(31)29-20(24(32)33)14-15-8-10-16(11-9-15)30-21-7-2-1-4-17(21)26(12-13-26)25(30)34/h1-11,20H,12-14H2,(H,29,31)(H,32,33)/t20-/m0/s1. The molecule has 2 aliphatic rings. The van der Waals surface area contributed by atoms with E-state index in [1.54, 1.807) is 35.2 Å². The number of para-hydroxylation sites is 1. The van der Waals surface area contributed by atoms with Gasteiger partial charge in [-0.15, -0.1) is 0 Å². The van der Waals surface area contributed by atoms with Gasteiger partial charge in [0.1, 0.15) is 6.04 Å². The lowest BCUT2D eigenvalue weighted by molar-refractivity contribution is -0.139. The quantitative estimate of drug-likeness (QED) is 0.497. The summed E-state index contributed by atoms with van der Waals surface area (Å²) in [5, 5.41) is 12.5. The van der Waals surface area contributed by atoms with Gasteiger partial charge < -0.3 is 10.4 Å². The van der Waals surface area contributed by atoms with Gasteiger partial charge in [0, 0.05) is 12.1 Å². The van der Waals surface area contributed by atoms with Crippen molar-refractivity contribution in [3.63, 3.8) is 0 Å². The Balaban J connectivity index is 1.35. The molecule has 8 heteroatoms. The smallest absolute Gasteiger partial charge is 0.326 e. The van der Waals surface area contributed by atoms with Crippen LogP contribution >= 0.6 is 23.2 Å². The molecule has 5 rings (SSSR count). The lowest BCUT2D eigenvalue weighted by Gasteiger charge is -2.19. The van der Waals surface area contributed by atoms with Crippen LogP contribution in [0.1, 0.15) is 34.3 Å². The minimum Gasteiger partial charge on any atom is -0.480 e. The largest absolute Gasteiger partial charge is 0.480 e. The van der Waals surface area contributed by atoms with E-state index in [-0.39, 0.29) is 27.9 Å². The number of carbonyl (C=O) groups is 3. The maximum atomic E-state index is 13.2. The Hall–Kier alpha value is -3.35. The van der Waals surface area contributed by atoms with E-state index in [4.69, 9.17) is 23.2 Å². The predicted octanol–water partition coefficient (Wildman–Crippen LogP) is 5.13. The molecule has 2 N–H and O–H groups in total. The van der Waals surface area contributed by atoms with E-state index in [9.17, 15) is 19.5 Å². The fourth-order valence-electron chi connectivity index (χ4n) is 4.54. The normalized spacial score (nSPS) is 16.3. The number of carboxylic acid groups (broad SMARTS) is 1. The van der Waals surface area contributed by atoms with Crippen molar-refractivity contribution >= 4 is 52.4 Å². The van der Waals surface area contributed by atoms with Crippen molar-refractivity contribution in [3.05, 3.63) is 93.5 Å². The maximum Gasteiger partial charge on any atom is 0.326 e. The van der Waals surface area contributed by atoms with Gasteiger partial charge in [0.05, 0.1) is 26.7 Å². The third-order valence-electron chi connectivity index (χ3n) is 6.45. The van der Waals surface area contributed by atoms with Crippen molar-refractivity contribution in [1.29, 1.82) is 0 Å². The highest BCUT2D eigenvalue weighted by Gasteiger charge is 2.59. The molecule has 1 aliphatic heterocycles. The lowest BCUT2D eigenvalue weighted by Crippen LogP contribution is -2.42. The number of rotatable bonds is 6. The number of hydrogen-bond donors (Lipinski definition) is 2. The van der Waals surface area contributed by atoms with E-state index in [0.717, 1.165) is 29.8 Å². The predicted molar refractivity (Wildman–Crippen MR) is 130 cm³/mol. The molecule has 3 aromatic carbocycles. The van der Waals surface area contributed by atoms with Crippen LogP contribution in [0.2, 0.25) is 10.0 Å². The molecule has 0 bridgehead atoms. The van der Waals surface area contributed by atoms with E-state index in [1.807, 2.05) is 24.3 Å². The molecule has 0 unspecified atom stereocenters. The average Bonchev–Trinajstić information content (AvgIpc) is 3.57. The number of benzene rings is 3. The minimum atomic E-state index is -1.19. The Labute approximate surface area is 206 Å². The highest BCUT2D eigenvalue weighted by Crippen LogP contribution is 2.58. The molecular formula is C26H20Cl2N2O4. The number of nitrogens with zero attached hydrogens (tertiary/aromatic N) is 1. The monoisotopic (exact) mass is 494 g/mol. The second-order valence-electron chi connectivity index (χ2n) is 8.57. The van der Waals surface area contributed by atoms with Crippen molar-refractivity contribution in [2.24, 2.45) is 0 Å². The van der Waals surface area contributed by atoms with E-state index in [1.165, 1.54) is 12.1 Å². The van der Waals surface area contributed by atoms with Gasteiger partial charge in [-0.1, -0.05) is 59.6 Å². The second kappa shape index (κ2) is 8.46. The summed E-state index contributed by atoms with van der Waals surface area (Å²) < 4.78 is 0. The molecule has 6 nitrogen and oxygen atoms in total. The summed E-state index contributed by atoms with van der Waals surface area (Å²) in [5.41, 5.74) is 3.02. The Morgan fingerprint density at radius 2 is 1.62 bits per heavy atom. The fraction of sp³-hybridized carbons (Fsp3) is 0.192. The molecule has 1 heterocycles. The van der Waals surface area contributed by atoms with Crippen LogP contribution in [0.5, 0.6) is 0 Å². The number of carboxylic acids is 1. The molecule has 0 saturated heterocycles. The number of halogens is 2. The Kier molecular flexibility index (Phi) is 5.58. The van der Waals surface area contributed by atoms with Gasteiger partial charge in [0.25, 0.3) is 5.91 Å². The first kappa shape index (κ1) is 22.4. The van der Waals surface area contributed by atoms with Gasteiger partial charge >= 0.3 is 5.97 Å². The summed E-state index contributed by atoms with van der Waals surface area (Å²) in [7, 11) is 0. The third kappa shape index (κ3) is 3.73. The molecule has 1 aliphatic carbocycles. The summed E-state index contributed by atoms with van der Waals surface area (Å²) in [6, 6.07) is 18.4. The summed E-state index contributed by atoms with van der Waals surface area (Å²) in [6.45, 7) is 0. The van der Waals surface area contributed by atoms with E-state index < -0.39 is 23.3 Å². The van der Waals surface area contributed by atoms with Crippen molar-refractivity contribution in [3.8, 4) is 0 Å². The lowest BCUT2D eigenvalue weighted by atomic mass is 9.98. The van der Waals surface area contributed by atoms with Crippen LogP contribution in [0.3, 0.4) is 0 Å². The fourth-order valence-corrected chi connectivity index (χ4v) is 5.11. The first-order valence-corrected chi connectivity index (χ1v) is 11.6. The van der Waals surface area contributed by atoms with Crippen LogP contribution in [0.15, 0.2) is 66.7 Å². The van der Waals surface area contributed by atoms with Crippen LogP contribution in [-0.4, -0.2) is 28.9 Å². The molecule has 0 aromatic heterocycles. The molecule has 0 radical (unpaired) electrons. The van der Waals surface area contributed by atoms with Crippen molar-refractivity contribution in [1.82, 2.24) is 5.32 Å². The summed E-state index contributed by atoms with van der Waals surface area (Å²) in [5.74, 6) is -1.76. The van der Waals surface area contributed by atoms with Crippen molar-refractivity contribution in [2.45, 2.75) is 30.7 Å². The molecule has 1 saturated carbocycles.